The molecule has 1 unspecified atom stereocenters. The number of nitrogens with two attached hydrogens (primary N) is 1. The lowest BCUT2D eigenvalue weighted by Crippen LogP contribution is -2.30. The Bertz CT molecular complexity index is 559. The number of hydrogen-bond acceptors (Lipinski definition) is 4. The van der Waals surface area contributed by atoms with Crippen LogP contribution >= 0.6 is 0 Å². The number of amides is 1. The van der Waals surface area contributed by atoms with Gasteiger partial charge in [-0.2, -0.15) is 13.2 Å². The molecule has 0 saturated heterocycles. The van der Waals surface area contributed by atoms with Crippen molar-refractivity contribution in [1.29, 1.82) is 0 Å². The molecule has 24 heavy (non-hydrogen) atoms. The number of benzene rings is 1. The van der Waals surface area contributed by atoms with Gasteiger partial charge in [0.05, 0.1) is 12.5 Å². The van der Waals surface area contributed by atoms with Crippen LogP contribution in [0.3, 0.4) is 0 Å². The fraction of sp³-hybridized carbons (Fsp3) is 0.500. The molecule has 1 rings (SSSR count). The summed E-state index contributed by atoms with van der Waals surface area (Å²) in [7, 11) is 0. The van der Waals surface area contributed by atoms with Gasteiger partial charge in [0.2, 0.25) is 0 Å². The highest BCUT2D eigenvalue weighted by Gasteiger charge is 2.38. The van der Waals surface area contributed by atoms with Gasteiger partial charge in [-0.15, -0.1) is 0 Å². The highest BCUT2D eigenvalue weighted by atomic mass is 19.4. The van der Waals surface area contributed by atoms with Gasteiger partial charge in [-0.3, -0.25) is 9.59 Å². The number of ether oxygens (including phenoxy) is 1. The standard InChI is InChI=1S/C16H21F3N2O3/c1-3-24-14(22)10(2)8-12(20)9-11-4-6-13(7-5-11)21-15(23)16(17,18)19/h4-7,10,12H,3,8-9,20H2,1-2H3,(H,21,23)/t10?,12-/m1/s1. The molecule has 1 amide bonds. The van der Waals surface area contributed by atoms with Gasteiger partial charge in [-0.05, 0) is 37.5 Å². The molecule has 0 aliphatic carbocycles. The number of anilines is 1. The van der Waals surface area contributed by atoms with Crippen LogP contribution in [0.2, 0.25) is 0 Å². The molecule has 0 aliphatic rings. The van der Waals surface area contributed by atoms with E-state index in [0.29, 0.717) is 19.4 Å². The highest BCUT2D eigenvalue weighted by molar-refractivity contribution is 5.94. The maximum Gasteiger partial charge on any atom is 0.471 e. The summed E-state index contributed by atoms with van der Waals surface area (Å²) < 4.78 is 41.4. The zero-order chi connectivity index (χ0) is 18.3. The lowest BCUT2D eigenvalue weighted by atomic mass is 9.97. The molecule has 1 aromatic carbocycles. The first-order valence-electron chi connectivity index (χ1n) is 7.52. The van der Waals surface area contributed by atoms with Crippen molar-refractivity contribution in [1.82, 2.24) is 0 Å². The van der Waals surface area contributed by atoms with Crippen molar-refractivity contribution in [3.8, 4) is 0 Å². The number of hydrogen-bond donors (Lipinski definition) is 2. The van der Waals surface area contributed by atoms with Crippen molar-refractivity contribution in [3.05, 3.63) is 29.8 Å². The highest BCUT2D eigenvalue weighted by Crippen LogP contribution is 2.19. The van der Waals surface area contributed by atoms with Gasteiger partial charge in [0.15, 0.2) is 0 Å². The third kappa shape index (κ3) is 6.57. The molecule has 0 bridgehead atoms. The van der Waals surface area contributed by atoms with Crippen LogP contribution in [0, 0.1) is 5.92 Å². The number of alkyl halides is 3. The van der Waals surface area contributed by atoms with Crippen LogP contribution in [0.5, 0.6) is 0 Å². The zero-order valence-corrected chi connectivity index (χ0v) is 13.5. The fourth-order valence-electron chi connectivity index (χ4n) is 2.15. The minimum absolute atomic E-state index is 0.0505. The Labute approximate surface area is 138 Å². The topological polar surface area (TPSA) is 81.4 Å². The van der Waals surface area contributed by atoms with Gasteiger partial charge in [-0.25, -0.2) is 0 Å². The van der Waals surface area contributed by atoms with Crippen LogP contribution in [0.15, 0.2) is 24.3 Å². The molecule has 8 heteroatoms. The summed E-state index contributed by atoms with van der Waals surface area (Å²) in [5.41, 5.74) is 6.84. The Hall–Kier alpha value is -2.09. The van der Waals surface area contributed by atoms with Crippen LogP contribution in [0.1, 0.15) is 25.8 Å². The lowest BCUT2D eigenvalue weighted by molar-refractivity contribution is -0.167. The monoisotopic (exact) mass is 346 g/mol. The number of carbonyl (C=O) groups is 2. The molecule has 0 aliphatic heterocycles. The molecular weight excluding hydrogens is 325 g/mol. The van der Waals surface area contributed by atoms with E-state index in [1.807, 2.05) is 0 Å². The van der Waals surface area contributed by atoms with Crippen molar-refractivity contribution < 1.29 is 27.5 Å². The summed E-state index contributed by atoms with van der Waals surface area (Å²) >= 11 is 0. The van der Waals surface area contributed by atoms with Gasteiger partial charge in [-0.1, -0.05) is 19.1 Å². The largest absolute Gasteiger partial charge is 0.471 e. The summed E-state index contributed by atoms with van der Waals surface area (Å²) in [5, 5.41) is 1.77. The predicted molar refractivity (Wildman–Crippen MR) is 83.2 cm³/mol. The number of rotatable bonds is 7. The maximum absolute atomic E-state index is 12.2. The maximum atomic E-state index is 12.2. The summed E-state index contributed by atoms with van der Waals surface area (Å²) in [5.74, 6) is -2.65. The van der Waals surface area contributed by atoms with E-state index in [4.69, 9.17) is 10.5 Å². The molecule has 3 N–H and O–H groups in total. The Morgan fingerprint density at radius 3 is 2.33 bits per heavy atom. The van der Waals surface area contributed by atoms with Gasteiger partial charge in [0.25, 0.3) is 0 Å². The second kappa shape index (κ2) is 8.68. The fourth-order valence-corrected chi connectivity index (χ4v) is 2.15. The molecule has 5 nitrogen and oxygen atoms in total. The Kier molecular flexibility index (Phi) is 7.21. The normalized spacial score (nSPS) is 13.9. The molecule has 0 aromatic heterocycles. The van der Waals surface area contributed by atoms with Gasteiger partial charge in [0, 0.05) is 11.7 Å². The third-order valence-corrected chi connectivity index (χ3v) is 3.31. The zero-order valence-electron chi connectivity index (χ0n) is 13.5. The van der Waals surface area contributed by atoms with Crippen LogP contribution in [-0.2, 0) is 20.7 Å². The van der Waals surface area contributed by atoms with Crippen LogP contribution in [0.4, 0.5) is 18.9 Å². The summed E-state index contributed by atoms with van der Waals surface area (Å²) in [6.45, 7) is 3.76. The quantitative estimate of drug-likeness (QED) is 0.744. The van der Waals surface area contributed by atoms with Crippen molar-refractivity contribution in [3.63, 3.8) is 0 Å². The molecule has 0 spiro atoms. The average molecular weight is 346 g/mol. The summed E-state index contributed by atoms with van der Waals surface area (Å²) in [4.78, 5) is 22.4. The first-order valence-corrected chi connectivity index (χ1v) is 7.52. The molecule has 0 heterocycles. The number of esters is 1. The lowest BCUT2D eigenvalue weighted by Gasteiger charge is -2.16. The molecule has 0 saturated carbocycles. The Morgan fingerprint density at radius 2 is 1.83 bits per heavy atom. The summed E-state index contributed by atoms with van der Waals surface area (Å²) in [6, 6.07) is 5.63. The number of nitrogens with one attached hydrogen (secondary N) is 1. The van der Waals surface area contributed by atoms with Crippen LogP contribution < -0.4 is 11.1 Å². The third-order valence-electron chi connectivity index (χ3n) is 3.31. The van der Waals surface area contributed by atoms with Crippen LogP contribution in [-0.4, -0.2) is 30.7 Å². The van der Waals surface area contributed by atoms with Crippen molar-refractivity contribution >= 4 is 17.6 Å². The van der Waals surface area contributed by atoms with Gasteiger partial charge >= 0.3 is 18.1 Å². The molecule has 0 radical (unpaired) electrons. The number of carbonyl (C=O) groups excluding carboxylic acids is 2. The average Bonchev–Trinajstić information content (AvgIpc) is 2.48. The van der Waals surface area contributed by atoms with Gasteiger partial charge in [0.1, 0.15) is 0 Å². The van der Waals surface area contributed by atoms with E-state index >= 15 is 0 Å². The smallest absolute Gasteiger partial charge is 0.466 e. The number of halogens is 3. The summed E-state index contributed by atoms with van der Waals surface area (Å²) in [6.07, 6.45) is -4.03. The second-order valence-electron chi connectivity index (χ2n) is 5.50. The first-order chi connectivity index (χ1) is 11.1. The van der Waals surface area contributed by atoms with Gasteiger partial charge < -0.3 is 15.8 Å². The molecule has 134 valence electrons. The van der Waals surface area contributed by atoms with E-state index in [1.54, 1.807) is 31.3 Å². The minimum Gasteiger partial charge on any atom is -0.466 e. The van der Waals surface area contributed by atoms with E-state index in [0.717, 1.165) is 5.56 Å². The molecular formula is C16H21F3N2O3. The minimum atomic E-state index is -4.93. The molecule has 2 atom stereocenters. The Balaban J connectivity index is 2.54. The predicted octanol–water partition coefficient (Wildman–Crippen LogP) is 2.65. The van der Waals surface area contributed by atoms with E-state index in [-0.39, 0.29) is 23.6 Å². The SMILES string of the molecule is CCOC(=O)C(C)C[C@@H](N)Cc1ccc(NC(=O)C(F)(F)F)cc1. The molecule has 0 fully saturated rings. The van der Waals surface area contributed by atoms with E-state index in [1.165, 1.54) is 12.1 Å². The van der Waals surface area contributed by atoms with E-state index < -0.39 is 12.1 Å². The van der Waals surface area contributed by atoms with Crippen molar-refractivity contribution in [2.24, 2.45) is 11.7 Å². The molecule has 1 aromatic rings. The Morgan fingerprint density at radius 1 is 1.25 bits per heavy atom. The first kappa shape index (κ1) is 20.0. The van der Waals surface area contributed by atoms with E-state index in [2.05, 4.69) is 0 Å². The van der Waals surface area contributed by atoms with E-state index in [9.17, 15) is 22.8 Å². The van der Waals surface area contributed by atoms with Crippen molar-refractivity contribution in [2.75, 3.05) is 11.9 Å². The van der Waals surface area contributed by atoms with Crippen molar-refractivity contribution in [2.45, 2.75) is 38.9 Å². The second-order valence-corrected chi connectivity index (χ2v) is 5.50. The van der Waals surface area contributed by atoms with Crippen LogP contribution in [0.25, 0.3) is 0 Å².